The van der Waals surface area contributed by atoms with Crippen molar-refractivity contribution >= 4 is 60.8 Å². The molecule has 0 aliphatic rings. The number of aromatic nitrogens is 1. The summed E-state index contributed by atoms with van der Waals surface area (Å²) in [6.45, 7) is 0. The molecule has 0 fully saturated rings. The minimum Gasteiger partial charge on any atom is -0.456 e. The quantitative estimate of drug-likeness (QED) is 0.163. The van der Waals surface area contributed by atoms with E-state index in [9.17, 15) is 0 Å². The standard InChI is InChI=1S/C54H36N2O/c1-4-15-37(16-5-1)38-27-29-41(30-28-38)55(43-31-33-47-46-23-12-13-26-52(46)57-53(47)36-43)42-32-34-49-51(35-42)56(40-19-8-3-9-20-40)50-25-14-24-48(54(49)50)45-22-11-10-21-44(45)39-17-6-2-7-18-39/h1-36H. The van der Waals surface area contributed by atoms with E-state index in [0.29, 0.717) is 0 Å². The fraction of sp³-hybridized carbons (Fsp3) is 0. The lowest BCUT2D eigenvalue weighted by atomic mass is 9.92. The molecule has 0 aliphatic heterocycles. The highest BCUT2D eigenvalue weighted by atomic mass is 16.3. The van der Waals surface area contributed by atoms with Gasteiger partial charge in [-0.05, 0) is 94.0 Å². The summed E-state index contributed by atoms with van der Waals surface area (Å²) in [5.74, 6) is 0. The van der Waals surface area contributed by atoms with E-state index in [1.54, 1.807) is 0 Å². The van der Waals surface area contributed by atoms with E-state index < -0.39 is 0 Å². The van der Waals surface area contributed by atoms with Gasteiger partial charge < -0.3 is 13.9 Å². The molecule has 2 heterocycles. The second-order valence-corrected chi connectivity index (χ2v) is 14.5. The van der Waals surface area contributed by atoms with E-state index in [0.717, 1.165) is 55.7 Å². The Bertz CT molecular complexity index is 3220. The number of fused-ring (bicyclic) bond motifs is 6. The Morgan fingerprint density at radius 3 is 1.67 bits per heavy atom. The van der Waals surface area contributed by atoms with Crippen molar-refractivity contribution in [3.8, 4) is 39.1 Å². The van der Waals surface area contributed by atoms with Crippen LogP contribution in [0, 0.1) is 0 Å². The number of anilines is 3. The number of para-hydroxylation sites is 2. The van der Waals surface area contributed by atoms with E-state index >= 15 is 0 Å². The number of furan rings is 1. The van der Waals surface area contributed by atoms with E-state index in [1.165, 1.54) is 44.2 Å². The molecular formula is C54H36N2O. The Morgan fingerprint density at radius 2 is 0.895 bits per heavy atom. The van der Waals surface area contributed by atoms with Crippen molar-refractivity contribution in [1.82, 2.24) is 4.57 Å². The summed E-state index contributed by atoms with van der Waals surface area (Å²) in [5.41, 5.74) is 15.5. The monoisotopic (exact) mass is 728 g/mol. The first-order valence-corrected chi connectivity index (χ1v) is 19.4. The minimum atomic E-state index is 0.862. The third kappa shape index (κ3) is 5.60. The summed E-state index contributed by atoms with van der Waals surface area (Å²) in [6, 6.07) is 78.1. The van der Waals surface area contributed by atoms with Gasteiger partial charge in [0.1, 0.15) is 11.2 Å². The fourth-order valence-corrected chi connectivity index (χ4v) is 8.60. The van der Waals surface area contributed by atoms with E-state index in [1.807, 2.05) is 12.1 Å². The highest BCUT2D eigenvalue weighted by Crippen LogP contribution is 2.45. The number of benzene rings is 9. The molecule has 268 valence electrons. The fourth-order valence-electron chi connectivity index (χ4n) is 8.60. The molecule has 9 aromatic carbocycles. The zero-order valence-electron chi connectivity index (χ0n) is 31.1. The highest BCUT2D eigenvalue weighted by Gasteiger charge is 2.21. The third-order valence-electron chi connectivity index (χ3n) is 11.2. The maximum Gasteiger partial charge on any atom is 0.137 e. The molecule has 0 saturated carbocycles. The van der Waals surface area contributed by atoms with E-state index in [4.69, 9.17) is 4.42 Å². The molecule has 11 rings (SSSR count). The van der Waals surface area contributed by atoms with Crippen LogP contribution in [0.1, 0.15) is 0 Å². The first-order valence-electron chi connectivity index (χ1n) is 19.4. The second kappa shape index (κ2) is 13.6. The first kappa shape index (κ1) is 32.8. The molecule has 0 atom stereocenters. The van der Waals surface area contributed by atoms with Crippen LogP contribution in [0.5, 0.6) is 0 Å². The van der Waals surface area contributed by atoms with E-state index in [-0.39, 0.29) is 0 Å². The normalized spacial score (nSPS) is 11.5. The van der Waals surface area contributed by atoms with Gasteiger partial charge in [0.05, 0.1) is 11.0 Å². The molecule has 0 saturated heterocycles. The summed E-state index contributed by atoms with van der Waals surface area (Å²) >= 11 is 0. The lowest BCUT2D eigenvalue weighted by molar-refractivity contribution is 0.669. The maximum atomic E-state index is 6.45. The van der Waals surface area contributed by atoms with Crippen molar-refractivity contribution in [2.75, 3.05) is 4.90 Å². The molecule has 0 bridgehead atoms. The third-order valence-corrected chi connectivity index (χ3v) is 11.2. The van der Waals surface area contributed by atoms with Gasteiger partial charge in [0.2, 0.25) is 0 Å². The lowest BCUT2D eigenvalue weighted by Crippen LogP contribution is -2.10. The van der Waals surface area contributed by atoms with Gasteiger partial charge in [-0.3, -0.25) is 0 Å². The SMILES string of the molecule is c1ccc(-c2ccc(N(c3ccc4c(c3)oc3ccccc34)c3ccc4c5c(-c6ccccc6-c6ccccc6)cccc5n(-c5ccccc5)c4c3)cc2)cc1. The molecule has 0 aliphatic carbocycles. The molecule has 11 aromatic rings. The molecule has 0 amide bonds. The van der Waals surface area contributed by atoms with Gasteiger partial charge >= 0.3 is 0 Å². The van der Waals surface area contributed by atoms with Crippen molar-refractivity contribution in [1.29, 1.82) is 0 Å². The predicted octanol–water partition coefficient (Wildman–Crippen LogP) is 15.2. The zero-order chi connectivity index (χ0) is 37.7. The van der Waals surface area contributed by atoms with Gasteiger partial charge in [-0.25, -0.2) is 0 Å². The summed E-state index contributed by atoms with van der Waals surface area (Å²) in [6.07, 6.45) is 0. The van der Waals surface area contributed by atoms with Crippen LogP contribution in [0.15, 0.2) is 223 Å². The van der Waals surface area contributed by atoms with Crippen molar-refractivity contribution in [2.45, 2.75) is 0 Å². The first-order chi connectivity index (χ1) is 28.3. The molecule has 0 N–H and O–H groups in total. The largest absolute Gasteiger partial charge is 0.456 e. The molecule has 0 spiro atoms. The minimum absolute atomic E-state index is 0.862. The Hall–Kier alpha value is -7.62. The Kier molecular flexibility index (Phi) is 7.82. The second-order valence-electron chi connectivity index (χ2n) is 14.5. The van der Waals surface area contributed by atoms with Crippen molar-refractivity contribution < 1.29 is 4.42 Å². The molecule has 0 radical (unpaired) electrons. The van der Waals surface area contributed by atoms with Gasteiger partial charge in [-0.2, -0.15) is 0 Å². The van der Waals surface area contributed by atoms with Gasteiger partial charge in [0.15, 0.2) is 0 Å². The highest BCUT2D eigenvalue weighted by molar-refractivity contribution is 6.17. The van der Waals surface area contributed by atoms with Crippen LogP contribution in [-0.4, -0.2) is 4.57 Å². The Labute approximate surface area is 330 Å². The average Bonchev–Trinajstić information content (AvgIpc) is 3.83. The van der Waals surface area contributed by atoms with Gasteiger partial charge in [-0.15, -0.1) is 0 Å². The zero-order valence-corrected chi connectivity index (χ0v) is 31.1. The van der Waals surface area contributed by atoms with Crippen LogP contribution in [0.25, 0.3) is 82.8 Å². The Morgan fingerprint density at radius 1 is 0.333 bits per heavy atom. The van der Waals surface area contributed by atoms with Crippen molar-refractivity contribution in [3.63, 3.8) is 0 Å². The van der Waals surface area contributed by atoms with Crippen LogP contribution in [0.3, 0.4) is 0 Å². The molecule has 3 nitrogen and oxygen atoms in total. The molecule has 0 unspecified atom stereocenters. The smallest absolute Gasteiger partial charge is 0.137 e. The summed E-state index contributed by atoms with van der Waals surface area (Å²) in [7, 11) is 0. The summed E-state index contributed by atoms with van der Waals surface area (Å²) in [4.78, 5) is 2.35. The molecule has 3 heteroatoms. The summed E-state index contributed by atoms with van der Waals surface area (Å²) < 4.78 is 8.86. The molecular weight excluding hydrogens is 693 g/mol. The summed E-state index contributed by atoms with van der Waals surface area (Å²) in [5, 5.41) is 4.66. The topological polar surface area (TPSA) is 21.3 Å². The maximum absolute atomic E-state index is 6.45. The lowest BCUT2D eigenvalue weighted by Gasteiger charge is -2.26. The van der Waals surface area contributed by atoms with Crippen molar-refractivity contribution in [3.05, 3.63) is 218 Å². The van der Waals surface area contributed by atoms with Crippen LogP contribution >= 0.6 is 0 Å². The average molecular weight is 729 g/mol. The van der Waals surface area contributed by atoms with Crippen molar-refractivity contribution in [2.24, 2.45) is 0 Å². The van der Waals surface area contributed by atoms with E-state index in [2.05, 4.69) is 216 Å². The van der Waals surface area contributed by atoms with Gasteiger partial charge in [0, 0.05) is 50.4 Å². The number of hydrogen-bond acceptors (Lipinski definition) is 2. The number of rotatable bonds is 7. The number of nitrogens with zero attached hydrogens (tertiary/aromatic N) is 2. The van der Waals surface area contributed by atoms with Gasteiger partial charge in [-0.1, -0.05) is 152 Å². The van der Waals surface area contributed by atoms with Crippen LogP contribution < -0.4 is 4.90 Å². The molecule has 57 heavy (non-hydrogen) atoms. The van der Waals surface area contributed by atoms with Gasteiger partial charge in [0.25, 0.3) is 0 Å². The molecule has 2 aromatic heterocycles. The number of hydrogen-bond donors (Lipinski definition) is 0. The van der Waals surface area contributed by atoms with Crippen LogP contribution in [0.2, 0.25) is 0 Å². The van der Waals surface area contributed by atoms with Crippen LogP contribution in [-0.2, 0) is 0 Å². The van der Waals surface area contributed by atoms with Crippen LogP contribution in [0.4, 0.5) is 17.1 Å². The predicted molar refractivity (Wildman–Crippen MR) is 239 cm³/mol. The Balaban J connectivity index is 1.15.